The monoisotopic (exact) mass is 379 g/mol. The van der Waals surface area contributed by atoms with E-state index in [1.54, 1.807) is 19.2 Å². The molecule has 0 amide bonds. The average molecular weight is 379 g/mol. The van der Waals surface area contributed by atoms with E-state index in [4.69, 9.17) is 0 Å². The minimum Gasteiger partial charge on any atom is -0.356 e. The van der Waals surface area contributed by atoms with Gasteiger partial charge in [0.15, 0.2) is 5.96 Å². The van der Waals surface area contributed by atoms with Crippen molar-refractivity contribution in [3.8, 4) is 0 Å². The van der Waals surface area contributed by atoms with Gasteiger partial charge in [-0.2, -0.15) is 0 Å². The molecule has 0 fully saturated rings. The fourth-order valence-corrected chi connectivity index (χ4v) is 3.19. The van der Waals surface area contributed by atoms with Crippen LogP contribution in [0.15, 0.2) is 58.7 Å². The molecule has 2 aromatic rings. The summed E-state index contributed by atoms with van der Waals surface area (Å²) < 4.78 is 39.7. The summed E-state index contributed by atoms with van der Waals surface area (Å²) >= 11 is 0. The number of guanidine groups is 1. The second-order valence-corrected chi connectivity index (χ2v) is 7.16. The highest BCUT2D eigenvalue weighted by molar-refractivity contribution is 7.89. The largest absolute Gasteiger partial charge is 0.356 e. The maximum absolute atomic E-state index is 13.1. The van der Waals surface area contributed by atoms with Gasteiger partial charge in [-0.25, -0.2) is 17.5 Å². The summed E-state index contributed by atoms with van der Waals surface area (Å²) in [6.45, 7) is 1.13. The Kier molecular flexibility index (Phi) is 7.49. The van der Waals surface area contributed by atoms with Crippen LogP contribution in [-0.4, -0.2) is 46.0 Å². The maximum Gasteiger partial charge on any atom is 0.242 e. The van der Waals surface area contributed by atoms with Crippen molar-refractivity contribution in [3.63, 3.8) is 0 Å². The number of pyridine rings is 1. The Balaban J connectivity index is 1.70. The minimum atomic E-state index is -3.57. The zero-order valence-electron chi connectivity index (χ0n) is 14.4. The Labute approximate surface area is 152 Å². The predicted molar refractivity (Wildman–Crippen MR) is 98.9 cm³/mol. The van der Waals surface area contributed by atoms with Crippen LogP contribution >= 0.6 is 0 Å². The number of halogens is 1. The zero-order valence-corrected chi connectivity index (χ0v) is 15.3. The second kappa shape index (κ2) is 9.83. The van der Waals surface area contributed by atoms with Gasteiger partial charge in [-0.15, -0.1) is 0 Å². The van der Waals surface area contributed by atoms with E-state index in [0.29, 0.717) is 25.5 Å². The predicted octanol–water partition coefficient (Wildman–Crippen LogP) is 0.907. The molecule has 0 aliphatic heterocycles. The third-order valence-electron chi connectivity index (χ3n) is 3.47. The SMILES string of the molecule is CN=C(NCCNS(=O)(=O)c1cccnc1)NCCc1cccc(F)c1. The molecule has 1 heterocycles. The van der Waals surface area contributed by atoms with Crippen molar-refractivity contribution in [2.45, 2.75) is 11.3 Å². The molecular weight excluding hydrogens is 357 g/mol. The molecule has 0 aliphatic carbocycles. The van der Waals surface area contributed by atoms with Crippen LogP contribution in [0, 0.1) is 5.82 Å². The molecule has 0 unspecified atom stereocenters. The number of aromatic nitrogens is 1. The first-order valence-electron chi connectivity index (χ1n) is 8.10. The second-order valence-electron chi connectivity index (χ2n) is 5.39. The molecule has 1 aromatic carbocycles. The number of hydrogen-bond donors (Lipinski definition) is 3. The van der Waals surface area contributed by atoms with E-state index in [1.807, 2.05) is 6.07 Å². The molecule has 26 heavy (non-hydrogen) atoms. The topological polar surface area (TPSA) is 95.5 Å². The molecule has 0 bridgehead atoms. The first kappa shape index (κ1) is 19.8. The van der Waals surface area contributed by atoms with E-state index < -0.39 is 10.0 Å². The van der Waals surface area contributed by atoms with Crippen LogP contribution in [0.1, 0.15) is 5.56 Å². The van der Waals surface area contributed by atoms with Crippen LogP contribution in [-0.2, 0) is 16.4 Å². The van der Waals surface area contributed by atoms with Crippen LogP contribution in [0.4, 0.5) is 4.39 Å². The number of rotatable bonds is 8. The van der Waals surface area contributed by atoms with Gasteiger partial charge in [0.2, 0.25) is 10.0 Å². The first-order valence-corrected chi connectivity index (χ1v) is 9.58. The number of sulfonamides is 1. The maximum atomic E-state index is 13.1. The number of nitrogens with zero attached hydrogens (tertiary/aromatic N) is 2. The molecular formula is C17H22FN5O2S. The van der Waals surface area contributed by atoms with Crippen LogP contribution in [0.2, 0.25) is 0 Å². The van der Waals surface area contributed by atoms with Crippen LogP contribution in [0.25, 0.3) is 0 Å². The highest BCUT2D eigenvalue weighted by atomic mass is 32.2. The minimum absolute atomic E-state index is 0.123. The molecule has 7 nitrogen and oxygen atoms in total. The van der Waals surface area contributed by atoms with Crippen molar-refractivity contribution in [1.82, 2.24) is 20.3 Å². The quantitative estimate of drug-likeness (QED) is 0.360. The first-order chi connectivity index (χ1) is 12.5. The molecule has 3 N–H and O–H groups in total. The van der Waals surface area contributed by atoms with Crippen LogP contribution in [0.3, 0.4) is 0 Å². The van der Waals surface area contributed by atoms with E-state index in [-0.39, 0.29) is 17.3 Å². The molecule has 0 spiro atoms. The summed E-state index contributed by atoms with van der Waals surface area (Å²) in [5.74, 6) is 0.285. The molecule has 140 valence electrons. The Morgan fingerprint density at radius 1 is 1.15 bits per heavy atom. The number of benzene rings is 1. The van der Waals surface area contributed by atoms with Crippen molar-refractivity contribution >= 4 is 16.0 Å². The van der Waals surface area contributed by atoms with Crippen molar-refractivity contribution < 1.29 is 12.8 Å². The molecule has 9 heteroatoms. The van der Waals surface area contributed by atoms with Crippen molar-refractivity contribution in [1.29, 1.82) is 0 Å². The van der Waals surface area contributed by atoms with E-state index in [0.717, 1.165) is 5.56 Å². The van der Waals surface area contributed by atoms with Crippen LogP contribution in [0.5, 0.6) is 0 Å². The number of hydrogen-bond acceptors (Lipinski definition) is 4. The van der Waals surface area contributed by atoms with Crippen LogP contribution < -0.4 is 15.4 Å². The van der Waals surface area contributed by atoms with Crippen molar-refractivity contribution in [2.24, 2.45) is 4.99 Å². The van der Waals surface area contributed by atoms with Gasteiger partial charge in [-0.05, 0) is 36.2 Å². The van der Waals surface area contributed by atoms with Crippen molar-refractivity contribution in [3.05, 3.63) is 60.2 Å². The van der Waals surface area contributed by atoms with Gasteiger partial charge in [-0.1, -0.05) is 12.1 Å². The summed E-state index contributed by atoms with van der Waals surface area (Å²) in [5, 5.41) is 6.11. The summed E-state index contributed by atoms with van der Waals surface area (Å²) in [6, 6.07) is 9.47. The summed E-state index contributed by atoms with van der Waals surface area (Å²) in [4.78, 5) is 7.98. The molecule has 0 saturated carbocycles. The summed E-state index contributed by atoms with van der Waals surface area (Å²) in [6.07, 6.45) is 3.45. The van der Waals surface area contributed by atoms with Gasteiger partial charge in [0, 0.05) is 39.1 Å². The standard InChI is InChI=1S/C17H22FN5O2S/c1-19-17(21-9-7-14-4-2-5-15(18)12-14)22-10-11-23-26(24,25)16-6-3-8-20-13-16/h2-6,8,12-13,23H,7,9-11H2,1H3,(H2,19,21,22). The van der Waals surface area contributed by atoms with Crippen molar-refractivity contribution in [2.75, 3.05) is 26.7 Å². The third kappa shape index (κ3) is 6.41. The normalized spacial score (nSPS) is 12.0. The molecule has 0 saturated heterocycles. The molecule has 1 aromatic heterocycles. The molecule has 0 atom stereocenters. The van der Waals surface area contributed by atoms with Gasteiger partial charge in [0.1, 0.15) is 10.7 Å². The zero-order chi connectivity index (χ0) is 18.8. The number of aliphatic imine (C=N–C) groups is 1. The van der Waals surface area contributed by atoms with E-state index in [1.165, 1.54) is 30.6 Å². The lowest BCUT2D eigenvalue weighted by atomic mass is 10.1. The summed E-state index contributed by atoms with van der Waals surface area (Å²) in [5.41, 5.74) is 0.886. The highest BCUT2D eigenvalue weighted by Gasteiger charge is 2.12. The smallest absolute Gasteiger partial charge is 0.242 e. The van der Waals surface area contributed by atoms with E-state index >= 15 is 0 Å². The average Bonchev–Trinajstić information content (AvgIpc) is 2.64. The van der Waals surface area contributed by atoms with Gasteiger partial charge in [0.05, 0.1) is 0 Å². The Morgan fingerprint density at radius 2 is 1.96 bits per heavy atom. The molecule has 0 radical (unpaired) electrons. The van der Waals surface area contributed by atoms with E-state index in [9.17, 15) is 12.8 Å². The van der Waals surface area contributed by atoms with Gasteiger partial charge >= 0.3 is 0 Å². The Hall–Kier alpha value is -2.52. The van der Waals surface area contributed by atoms with E-state index in [2.05, 4.69) is 25.3 Å². The third-order valence-corrected chi connectivity index (χ3v) is 4.92. The molecule has 2 rings (SSSR count). The lowest BCUT2D eigenvalue weighted by Gasteiger charge is -2.12. The van der Waals surface area contributed by atoms with Gasteiger partial charge < -0.3 is 10.6 Å². The summed E-state index contributed by atoms with van der Waals surface area (Å²) in [7, 11) is -1.95. The Morgan fingerprint density at radius 3 is 2.65 bits per heavy atom. The lowest BCUT2D eigenvalue weighted by molar-refractivity contribution is 0.580. The highest BCUT2D eigenvalue weighted by Crippen LogP contribution is 2.04. The van der Waals surface area contributed by atoms with Gasteiger partial charge in [0.25, 0.3) is 0 Å². The number of nitrogens with one attached hydrogen (secondary N) is 3. The fraction of sp³-hybridized carbons (Fsp3) is 0.294. The lowest BCUT2D eigenvalue weighted by Crippen LogP contribution is -2.42. The Bertz CT molecular complexity index is 828. The fourth-order valence-electron chi connectivity index (χ4n) is 2.19. The molecule has 0 aliphatic rings. The van der Waals surface area contributed by atoms with Gasteiger partial charge in [-0.3, -0.25) is 9.98 Å².